The lowest BCUT2D eigenvalue weighted by Gasteiger charge is -2.36. The maximum Gasteiger partial charge on any atom is 0.270 e. The molecule has 2 N–H and O–H groups in total. The topological polar surface area (TPSA) is 125 Å². The lowest BCUT2D eigenvalue weighted by Crippen LogP contribution is -2.55. The molecule has 164 valence electrons. The van der Waals surface area contributed by atoms with Crippen LogP contribution in [0.15, 0.2) is 23.1 Å². The molecule has 0 aromatic heterocycles. The normalized spacial score (nSPS) is 27.6. The third-order valence-electron chi connectivity index (χ3n) is 6.49. The first kappa shape index (κ1) is 21.2. The van der Waals surface area contributed by atoms with Crippen LogP contribution in [-0.2, 0) is 14.8 Å². The first-order valence-electron chi connectivity index (χ1n) is 10.3. The number of carbonyl (C=O) groups is 1. The van der Waals surface area contributed by atoms with E-state index in [9.17, 15) is 23.3 Å². The molecule has 1 aromatic rings. The van der Waals surface area contributed by atoms with Gasteiger partial charge in [-0.15, -0.1) is 0 Å². The zero-order valence-corrected chi connectivity index (χ0v) is 17.7. The maximum atomic E-state index is 13.1. The maximum absolute atomic E-state index is 13.1. The molecule has 0 bridgehead atoms. The van der Waals surface area contributed by atoms with Crippen LogP contribution >= 0.6 is 0 Å². The number of nitro benzene ring substituents is 1. The molecule has 1 aromatic carbocycles. The fourth-order valence-electron chi connectivity index (χ4n) is 4.75. The van der Waals surface area contributed by atoms with Crippen molar-refractivity contribution in [2.24, 2.45) is 5.92 Å². The molecule has 1 aliphatic carbocycles. The first-order valence-corrected chi connectivity index (χ1v) is 11.8. The Morgan fingerprint density at radius 1 is 1.13 bits per heavy atom. The lowest BCUT2D eigenvalue weighted by atomic mass is 9.81. The predicted molar refractivity (Wildman–Crippen MR) is 109 cm³/mol. The van der Waals surface area contributed by atoms with E-state index in [2.05, 4.69) is 10.9 Å². The third-order valence-corrected chi connectivity index (χ3v) is 8.53. The van der Waals surface area contributed by atoms with Crippen molar-refractivity contribution in [3.8, 4) is 0 Å². The number of nitrogens with zero attached hydrogens (tertiary/aromatic N) is 3. The zero-order valence-electron chi connectivity index (χ0n) is 16.9. The van der Waals surface area contributed by atoms with E-state index >= 15 is 0 Å². The second kappa shape index (κ2) is 8.22. The summed E-state index contributed by atoms with van der Waals surface area (Å²) < 4.78 is 27.5. The number of nitro groups is 1. The number of nitrogens with one attached hydrogen (secondary N) is 2. The molecule has 3 atom stereocenters. The predicted octanol–water partition coefficient (Wildman–Crippen LogP) is 0.771. The van der Waals surface area contributed by atoms with Crippen molar-refractivity contribution in [2.45, 2.75) is 49.6 Å². The second-order valence-corrected chi connectivity index (χ2v) is 10.2. The standard InChI is InChI=1S/C19H27N5O5S/c1-13-6-7-14(24(26)27)12-17(13)30(28,29)23-10-8-22(9-11-23)19(25)18-15-4-2-3-5-16(15)20-21-18/h6-7,12,15-16,18,20-21H,2-5,8-11H2,1H3. The molecule has 3 unspecified atom stereocenters. The van der Waals surface area contributed by atoms with Crippen molar-refractivity contribution >= 4 is 21.6 Å². The summed E-state index contributed by atoms with van der Waals surface area (Å²) in [5.74, 6) is 0.293. The van der Waals surface area contributed by atoms with Gasteiger partial charge in [0, 0.05) is 50.3 Å². The molecule has 30 heavy (non-hydrogen) atoms. The van der Waals surface area contributed by atoms with Crippen LogP contribution in [0.4, 0.5) is 5.69 Å². The monoisotopic (exact) mass is 437 g/mol. The highest BCUT2D eigenvalue weighted by atomic mass is 32.2. The summed E-state index contributed by atoms with van der Waals surface area (Å²) in [6.45, 7) is 2.58. The van der Waals surface area contributed by atoms with E-state index < -0.39 is 14.9 Å². The summed E-state index contributed by atoms with van der Waals surface area (Å²) in [4.78, 5) is 25.2. The number of non-ortho nitro benzene ring substituents is 1. The summed E-state index contributed by atoms with van der Waals surface area (Å²) >= 11 is 0. The third kappa shape index (κ3) is 3.82. The van der Waals surface area contributed by atoms with Gasteiger partial charge in [-0.1, -0.05) is 18.9 Å². The Morgan fingerprint density at radius 2 is 1.83 bits per heavy atom. The quantitative estimate of drug-likeness (QED) is 0.526. The van der Waals surface area contributed by atoms with Gasteiger partial charge in [0.15, 0.2) is 0 Å². The largest absolute Gasteiger partial charge is 0.339 e. The Balaban J connectivity index is 1.43. The number of rotatable bonds is 4. The number of hydrogen-bond donors (Lipinski definition) is 2. The molecule has 3 fully saturated rings. The molecule has 4 rings (SSSR count). The van der Waals surface area contributed by atoms with Gasteiger partial charge >= 0.3 is 0 Å². The number of amides is 1. The Bertz CT molecular complexity index is 945. The fraction of sp³-hybridized carbons (Fsp3) is 0.632. The number of fused-ring (bicyclic) bond motifs is 1. The second-order valence-electron chi connectivity index (χ2n) is 8.26. The molecule has 10 nitrogen and oxygen atoms in total. The number of hydrazine groups is 1. The van der Waals surface area contributed by atoms with Crippen molar-refractivity contribution < 1.29 is 18.1 Å². The van der Waals surface area contributed by atoms with Gasteiger partial charge in [-0.05, 0) is 25.3 Å². The zero-order chi connectivity index (χ0) is 21.5. The van der Waals surface area contributed by atoms with Crippen LogP contribution in [0.2, 0.25) is 0 Å². The number of piperazine rings is 1. The molecule has 11 heteroatoms. The highest BCUT2D eigenvalue weighted by Crippen LogP contribution is 2.31. The van der Waals surface area contributed by atoms with E-state index in [1.54, 1.807) is 11.8 Å². The molecule has 2 saturated heterocycles. The number of carbonyl (C=O) groups excluding carboxylic acids is 1. The van der Waals surface area contributed by atoms with E-state index in [1.807, 2.05) is 0 Å². The van der Waals surface area contributed by atoms with Gasteiger partial charge in [-0.3, -0.25) is 20.3 Å². The van der Waals surface area contributed by atoms with Gasteiger partial charge in [0.1, 0.15) is 6.04 Å². The van der Waals surface area contributed by atoms with Crippen molar-refractivity contribution in [1.29, 1.82) is 0 Å². The van der Waals surface area contributed by atoms with Crippen LogP contribution in [0, 0.1) is 23.0 Å². The van der Waals surface area contributed by atoms with E-state index in [0.717, 1.165) is 25.3 Å². The van der Waals surface area contributed by atoms with Crippen molar-refractivity contribution in [1.82, 2.24) is 20.1 Å². The minimum absolute atomic E-state index is 0.0143. The highest BCUT2D eigenvalue weighted by Gasteiger charge is 2.43. The molecular formula is C19H27N5O5S. The summed E-state index contributed by atoms with van der Waals surface area (Å²) in [7, 11) is -3.87. The van der Waals surface area contributed by atoms with Crippen LogP contribution < -0.4 is 10.9 Å². The summed E-state index contributed by atoms with van der Waals surface area (Å²) in [5, 5.41) is 11.1. The molecule has 0 radical (unpaired) electrons. The van der Waals surface area contributed by atoms with Gasteiger partial charge in [0.05, 0.1) is 9.82 Å². The summed E-state index contributed by atoms with van der Waals surface area (Å²) in [6, 6.07) is 3.92. The number of aryl methyl sites for hydroxylation is 1. The summed E-state index contributed by atoms with van der Waals surface area (Å²) in [6.07, 6.45) is 4.38. The van der Waals surface area contributed by atoms with E-state index in [0.29, 0.717) is 24.7 Å². The average Bonchev–Trinajstić information content (AvgIpc) is 3.17. The molecule has 1 saturated carbocycles. The Hall–Kier alpha value is -2.08. The molecule has 2 aliphatic heterocycles. The molecular weight excluding hydrogens is 410 g/mol. The Kier molecular flexibility index (Phi) is 5.80. The number of sulfonamides is 1. The molecule has 0 spiro atoms. The minimum atomic E-state index is -3.87. The molecule has 2 heterocycles. The van der Waals surface area contributed by atoms with Crippen molar-refractivity contribution in [3.63, 3.8) is 0 Å². The Morgan fingerprint density at radius 3 is 2.53 bits per heavy atom. The van der Waals surface area contributed by atoms with Crippen LogP contribution in [0.25, 0.3) is 0 Å². The Labute approximate surface area is 175 Å². The number of benzene rings is 1. The van der Waals surface area contributed by atoms with Crippen LogP contribution in [0.5, 0.6) is 0 Å². The van der Waals surface area contributed by atoms with Crippen LogP contribution in [-0.4, -0.2) is 66.7 Å². The smallest absolute Gasteiger partial charge is 0.270 e. The van der Waals surface area contributed by atoms with Gasteiger partial charge < -0.3 is 4.90 Å². The van der Waals surface area contributed by atoms with Crippen LogP contribution in [0.1, 0.15) is 31.2 Å². The first-order chi connectivity index (χ1) is 14.3. The van der Waals surface area contributed by atoms with Gasteiger partial charge in [0.25, 0.3) is 5.69 Å². The van der Waals surface area contributed by atoms with Gasteiger partial charge in [-0.2, -0.15) is 4.31 Å². The molecule has 3 aliphatic rings. The van der Waals surface area contributed by atoms with E-state index in [4.69, 9.17) is 0 Å². The van der Waals surface area contributed by atoms with E-state index in [1.165, 1.54) is 22.9 Å². The number of hydrogen-bond acceptors (Lipinski definition) is 7. The van der Waals surface area contributed by atoms with Gasteiger partial charge in [0.2, 0.25) is 15.9 Å². The fourth-order valence-corrected chi connectivity index (χ4v) is 6.42. The highest BCUT2D eigenvalue weighted by molar-refractivity contribution is 7.89. The van der Waals surface area contributed by atoms with E-state index in [-0.39, 0.29) is 41.5 Å². The lowest BCUT2D eigenvalue weighted by molar-refractivity contribution is -0.385. The SMILES string of the molecule is Cc1ccc([N+](=O)[O-])cc1S(=O)(=O)N1CCN(C(=O)C2NNC3CCCCC32)CC1. The minimum Gasteiger partial charge on any atom is -0.339 e. The average molecular weight is 438 g/mol. The van der Waals surface area contributed by atoms with Gasteiger partial charge in [-0.25, -0.2) is 13.8 Å². The van der Waals surface area contributed by atoms with Crippen LogP contribution in [0.3, 0.4) is 0 Å². The molecule has 1 amide bonds. The van der Waals surface area contributed by atoms with Crippen molar-refractivity contribution in [2.75, 3.05) is 26.2 Å². The summed E-state index contributed by atoms with van der Waals surface area (Å²) in [5.41, 5.74) is 6.60. The van der Waals surface area contributed by atoms with Crippen molar-refractivity contribution in [3.05, 3.63) is 33.9 Å².